The molecule has 0 aliphatic rings. The van der Waals surface area contributed by atoms with E-state index in [0.717, 1.165) is 0 Å². The first-order valence-corrected chi connectivity index (χ1v) is 8.81. The molecule has 1 amide bonds. The summed E-state index contributed by atoms with van der Waals surface area (Å²) in [5.41, 5.74) is -0.693. The summed E-state index contributed by atoms with van der Waals surface area (Å²) in [6.45, 7) is 5.18. The van der Waals surface area contributed by atoms with Crippen molar-refractivity contribution in [3.05, 3.63) is 24.0 Å². The highest BCUT2D eigenvalue weighted by atomic mass is 32.2. The Balaban J connectivity index is 3.22. The van der Waals surface area contributed by atoms with Gasteiger partial charge in [-0.15, -0.1) is 4.36 Å². The van der Waals surface area contributed by atoms with Crippen LogP contribution in [0.5, 0.6) is 0 Å². The number of carbonyl (C=O) groups excluding carboxylic acids is 2. The van der Waals surface area contributed by atoms with Crippen LogP contribution in [0.2, 0.25) is 0 Å². The fourth-order valence-corrected chi connectivity index (χ4v) is 3.21. The van der Waals surface area contributed by atoms with Crippen molar-refractivity contribution < 1.29 is 28.0 Å². The zero-order valence-electron chi connectivity index (χ0n) is 14.4. The molecule has 0 aliphatic heterocycles. The van der Waals surface area contributed by atoms with Crippen molar-refractivity contribution in [3.8, 4) is 0 Å². The number of amides is 1. The van der Waals surface area contributed by atoms with Gasteiger partial charge in [-0.05, 0) is 32.9 Å². The molecule has 0 saturated carbocycles. The first kappa shape index (κ1) is 20.0. The Morgan fingerprint density at radius 3 is 2.38 bits per heavy atom. The number of rotatable bonds is 5. The molecule has 0 N–H and O–H groups in total. The van der Waals surface area contributed by atoms with Crippen molar-refractivity contribution in [2.75, 3.05) is 26.6 Å². The Morgan fingerprint density at radius 1 is 1.25 bits per heavy atom. The van der Waals surface area contributed by atoms with Crippen LogP contribution in [0.4, 0.5) is 4.79 Å². The molecular weight excluding hydrogens is 336 g/mol. The average Bonchev–Trinajstić information content (AvgIpc) is 2.50. The fraction of sp³-hybridized carbons (Fsp3) is 0.533. The number of nitrogens with zero attached hydrogens (tertiary/aromatic N) is 2. The zero-order valence-corrected chi connectivity index (χ0v) is 15.2. The standard InChI is InChI=1S/C15H22N2O6S/c1-15(2,3)23-14(19)17-24(20,9-8-21-4)11-6-7-12(16-10-11)13(18)22-5/h6-7,10H,8-9H2,1-5H3. The number of carbonyl (C=O) groups is 2. The largest absolute Gasteiger partial charge is 0.464 e. The SMILES string of the molecule is COCCS(=O)(=NC(=O)OC(C)(C)C)c1ccc(C(=O)OC)nc1. The number of methoxy groups -OCH3 is 2. The van der Waals surface area contributed by atoms with E-state index < -0.39 is 27.4 Å². The molecule has 1 rings (SSSR count). The van der Waals surface area contributed by atoms with Crippen molar-refractivity contribution in [2.45, 2.75) is 31.3 Å². The molecule has 1 aromatic rings. The number of esters is 1. The van der Waals surface area contributed by atoms with Gasteiger partial charge in [0.2, 0.25) is 0 Å². The molecule has 1 atom stereocenters. The molecule has 0 bridgehead atoms. The van der Waals surface area contributed by atoms with Crippen molar-refractivity contribution in [1.82, 2.24) is 4.98 Å². The van der Waals surface area contributed by atoms with E-state index in [-0.39, 0.29) is 22.9 Å². The van der Waals surface area contributed by atoms with Gasteiger partial charge in [0.05, 0.1) is 34.1 Å². The molecule has 9 heteroatoms. The van der Waals surface area contributed by atoms with Crippen LogP contribution in [0.15, 0.2) is 27.6 Å². The molecule has 0 aromatic carbocycles. The monoisotopic (exact) mass is 358 g/mol. The Hall–Kier alpha value is -2.00. The lowest BCUT2D eigenvalue weighted by Crippen LogP contribution is -2.23. The highest BCUT2D eigenvalue weighted by Gasteiger charge is 2.21. The van der Waals surface area contributed by atoms with Crippen LogP contribution in [-0.4, -0.2) is 53.4 Å². The predicted molar refractivity (Wildman–Crippen MR) is 87.4 cm³/mol. The molecular formula is C15H22N2O6S. The number of aromatic nitrogens is 1. The average molecular weight is 358 g/mol. The molecule has 0 radical (unpaired) electrons. The number of hydrogen-bond acceptors (Lipinski definition) is 7. The van der Waals surface area contributed by atoms with Crippen LogP contribution in [0.1, 0.15) is 31.3 Å². The van der Waals surface area contributed by atoms with Gasteiger partial charge < -0.3 is 14.2 Å². The van der Waals surface area contributed by atoms with Crippen LogP contribution in [0.3, 0.4) is 0 Å². The number of hydrogen-bond donors (Lipinski definition) is 0. The maximum absolute atomic E-state index is 13.1. The number of pyridine rings is 1. The van der Waals surface area contributed by atoms with E-state index in [1.807, 2.05) is 0 Å². The van der Waals surface area contributed by atoms with E-state index in [0.29, 0.717) is 0 Å². The van der Waals surface area contributed by atoms with Gasteiger partial charge in [-0.1, -0.05) is 0 Å². The van der Waals surface area contributed by atoms with Crippen LogP contribution in [0.25, 0.3) is 0 Å². The van der Waals surface area contributed by atoms with Gasteiger partial charge in [-0.25, -0.2) is 18.8 Å². The summed E-state index contributed by atoms with van der Waals surface area (Å²) in [5, 5.41) is 0. The molecule has 0 saturated heterocycles. The Labute approximate surface area is 141 Å². The summed E-state index contributed by atoms with van der Waals surface area (Å²) >= 11 is 0. The highest BCUT2D eigenvalue weighted by Crippen LogP contribution is 2.17. The predicted octanol–water partition coefficient (Wildman–Crippen LogP) is 2.28. The van der Waals surface area contributed by atoms with Crippen molar-refractivity contribution in [2.24, 2.45) is 4.36 Å². The maximum Gasteiger partial charge on any atom is 0.442 e. The van der Waals surface area contributed by atoms with Crippen LogP contribution < -0.4 is 0 Å². The highest BCUT2D eigenvalue weighted by molar-refractivity contribution is 7.94. The van der Waals surface area contributed by atoms with Crippen LogP contribution in [-0.2, 0) is 23.9 Å². The second-order valence-electron chi connectivity index (χ2n) is 5.78. The number of ether oxygens (including phenoxy) is 3. The second kappa shape index (κ2) is 8.20. The van der Waals surface area contributed by atoms with Crippen molar-refractivity contribution in [1.29, 1.82) is 0 Å². The van der Waals surface area contributed by atoms with Crippen molar-refractivity contribution in [3.63, 3.8) is 0 Å². The summed E-state index contributed by atoms with van der Waals surface area (Å²) < 4.78 is 31.4. The van der Waals surface area contributed by atoms with Gasteiger partial charge in [0.25, 0.3) is 0 Å². The summed E-state index contributed by atoms with van der Waals surface area (Å²) in [6.07, 6.45) is 0.304. The molecule has 1 unspecified atom stereocenters. The van der Waals surface area contributed by atoms with Gasteiger partial charge in [-0.2, -0.15) is 0 Å². The third-order valence-electron chi connectivity index (χ3n) is 2.68. The fourth-order valence-electron chi connectivity index (χ4n) is 1.61. The second-order valence-corrected chi connectivity index (χ2v) is 8.12. The molecule has 134 valence electrons. The first-order chi connectivity index (χ1) is 11.1. The van der Waals surface area contributed by atoms with Crippen molar-refractivity contribution >= 4 is 21.8 Å². The van der Waals surface area contributed by atoms with E-state index in [1.165, 1.54) is 32.5 Å². The quantitative estimate of drug-likeness (QED) is 0.744. The van der Waals surface area contributed by atoms with Gasteiger partial charge >= 0.3 is 12.1 Å². The minimum atomic E-state index is -3.14. The third-order valence-corrected chi connectivity index (χ3v) is 4.82. The van der Waals surface area contributed by atoms with E-state index >= 15 is 0 Å². The molecule has 1 heterocycles. The molecule has 1 aromatic heterocycles. The van der Waals surface area contributed by atoms with E-state index in [1.54, 1.807) is 20.8 Å². The zero-order chi connectivity index (χ0) is 18.4. The summed E-state index contributed by atoms with van der Waals surface area (Å²) in [5.74, 6) is -0.629. The van der Waals surface area contributed by atoms with E-state index in [9.17, 15) is 13.8 Å². The van der Waals surface area contributed by atoms with Crippen LogP contribution in [0, 0.1) is 0 Å². The first-order valence-electron chi connectivity index (χ1n) is 7.12. The van der Waals surface area contributed by atoms with Gasteiger partial charge in [0, 0.05) is 13.3 Å². The van der Waals surface area contributed by atoms with E-state index in [4.69, 9.17) is 9.47 Å². The lowest BCUT2D eigenvalue weighted by atomic mass is 10.2. The lowest BCUT2D eigenvalue weighted by Gasteiger charge is -2.18. The van der Waals surface area contributed by atoms with Gasteiger partial charge in [0.1, 0.15) is 11.3 Å². The van der Waals surface area contributed by atoms with Gasteiger partial charge in [-0.3, -0.25) is 0 Å². The third kappa shape index (κ3) is 5.89. The molecule has 8 nitrogen and oxygen atoms in total. The topological polar surface area (TPSA) is 104 Å². The summed E-state index contributed by atoms with van der Waals surface area (Å²) in [7, 11) is -0.456. The molecule has 0 fully saturated rings. The maximum atomic E-state index is 13.1. The van der Waals surface area contributed by atoms with Gasteiger partial charge in [0.15, 0.2) is 0 Å². The summed E-state index contributed by atoms with van der Waals surface area (Å²) in [4.78, 5) is 27.4. The Bertz CT molecular complexity index is 700. The molecule has 0 spiro atoms. The lowest BCUT2D eigenvalue weighted by molar-refractivity contribution is 0.0588. The minimum Gasteiger partial charge on any atom is -0.464 e. The Morgan fingerprint density at radius 2 is 1.92 bits per heavy atom. The normalized spacial score (nSPS) is 13.7. The van der Waals surface area contributed by atoms with E-state index in [2.05, 4.69) is 14.1 Å². The minimum absolute atomic E-state index is 0.0119. The molecule has 0 aliphatic carbocycles. The smallest absolute Gasteiger partial charge is 0.442 e. The van der Waals surface area contributed by atoms with Crippen LogP contribution >= 0.6 is 0 Å². The summed E-state index contributed by atoms with van der Waals surface area (Å²) in [6, 6.07) is 2.78. The molecule has 24 heavy (non-hydrogen) atoms. The Kier molecular flexibility index (Phi) is 6.85.